The van der Waals surface area contributed by atoms with E-state index in [4.69, 9.17) is 9.47 Å². The maximum atomic E-state index is 11.7. The van der Waals surface area contributed by atoms with Gasteiger partial charge in [0.1, 0.15) is 5.75 Å². The molecule has 0 saturated carbocycles. The first kappa shape index (κ1) is 11.9. The summed E-state index contributed by atoms with van der Waals surface area (Å²) < 4.78 is 32.9. The maximum absolute atomic E-state index is 11.7. The molecule has 0 aromatic heterocycles. The molecule has 0 bridgehead atoms. The molecule has 1 aromatic carbocycles. The Morgan fingerprint density at radius 2 is 2.00 bits per heavy atom. The molecule has 1 aliphatic heterocycles. The van der Waals surface area contributed by atoms with Crippen LogP contribution in [0.3, 0.4) is 0 Å². The van der Waals surface area contributed by atoms with Crippen LogP contribution in [0.4, 0.5) is 0 Å². The Morgan fingerprint density at radius 3 is 2.71 bits per heavy atom. The molecule has 0 saturated heterocycles. The molecule has 5 nitrogen and oxygen atoms in total. The lowest BCUT2D eigenvalue weighted by atomic mass is 10.1. The van der Waals surface area contributed by atoms with E-state index in [1.165, 1.54) is 13.0 Å². The number of ether oxygens (including phenoxy) is 2. The summed E-state index contributed by atoms with van der Waals surface area (Å²) in [6, 6.07) is 4.66. The highest BCUT2D eigenvalue weighted by Crippen LogP contribution is 2.32. The molecule has 17 heavy (non-hydrogen) atoms. The molecule has 0 N–H and O–H groups in total. The van der Waals surface area contributed by atoms with Gasteiger partial charge in [-0.1, -0.05) is 6.92 Å². The number of Topliss-reactive ketones (excluding diaryl/α,β-unsaturated/α-hetero) is 1. The van der Waals surface area contributed by atoms with Crippen LogP contribution in [0.1, 0.15) is 17.3 Å². The van der Waals surface area contributed by atoms with Gasteiger partial charge in [0, 0.05) is 11.3 Å². The molecule has 2 rings (SSSR count). The van der Waals surface area contributed by atoms with Crippen molar-refractivity contribution < 1.29 is 22.7 Å². The zero-order valence-electron chi connectivity index (χ0n) is 9.30. The van der Waals surface area contributed by atoms with E-state index in [9.17, 15) is 13.2 Å². The third kappa shape index (κ3) is 2.58. The fourth-order valence-corrected chi connectivity index (χ4v) is 2.23. The number of hydrogen-bond donors (Lipinski definition) is 0. The Hall–Kier alpha value is -1.56. The lowest BCUT2D eigenvalue weighted by Crippen LogP contribution is -2.17. The quantitative estimate of drug-likeness (QED) is 0.753. The molecule has 0 aliphatic carbocycles. The zero-order chi connectivity index (χ0) is 12.5. The first-order chi connectivity index (χ1) is 8.02. The highest BCUT2D eigenvalue weighted by atomic mass is 32.2. The van der Waals surface area contributed by atoms with Crippen LogP contribution in [0.15, 0.2) is 18.2 Å². The van der Waals surface area contributed by atoms with Crippen molar-refractivity contribution in [3.05, 3.63) is 23.8 Å². The summed E-state index contributed by atoms with van der Waals surface area (Å²) >= 11 is 0. The molecule has 92 valence electrons. The molecule has 0 amide bonds. The number of fused-ring (bicyclic) bond motifs is 1. The first-order valence-corrected chi connectivity index (χ1v) is 6.97. The van der Waals surface area contributed by atoms with Crippen molar-refractivity contribution in [2.45, 2.75) is 6.92 Å². The molecule has 0 radical (unpaired) electrons. The van der Waals surface area contributed by atoms with Crippen molar-refractivity contribution in [2.24, 2.45) is 0 Å². The van der Waals surface area contributed by atoms with E-state index >= 15 is 0 Å². The van der Waals surface area contributed by atoms with Crippen LogP contribution in [0.25, 0.3) is 0 Å². The maximum Gasteiger partial charge on any atom is 0.231 e. The van der Waals surface area contributed by atoms with Gasteiger partial charge in [0.05, 0.1) is 0 Å². The molecule has 0 unspecified atom stereocenters. The van der Waals surface area contributed by atoms with Gasteiger partial charge in [0.15, 0.2) is 27.1 Å². The predicted molar refractivity (Wildman–Crippen MR) is 61.2 cm³/mol. The molecule has 0 atom stereocenters. The number of sulfone groups is 1. The van der Waals surface area contributed by atoms with Gasteiger partial charge in [0.25, 0.3) is 0 Å². The van der Waals surface area contributed by atoms with E-state index in [1.54, 1.807) is 12.1 Å². The van der Waals surface area contributed by atoms with Crippen LogP contribution < -0.4 is 9.47 Å². The molecule has 1 aromatic rings. The highest BCUT2D eigenvalue weighted by Gasteiger charge is 2.19. The smallest absolute Gasteiger partial charge is 0.231 e. The molecule has 6 heteroatoms. The summed E-state index contributed by atoms with van der Waals surface area (Å²) in [5.41, 5.74) is 0.325. The summed E-state index contributed by atoms with van der Waals surface area (Å²) in [5, 5.41) is 0. The third-order valence-electron chi connectivity index (χ3n) is 2.49. The van der Waals surface area contributed by atoms with Crippen LogP contribution in [-0.2, 0) is 9.84 Å². The Labute approximate surface area is 99.3 Å². The second-order valence-corrected chi connectivity index (χ2v) is 6.02. The largest absolute Gasteiger partial charge is 0.454 e. The number of hydrogen-bond acceptors (Lipinski definition) is 5. The average Bonchev–Trinajstić information content (AvgIpc) is 2.75. The highest BCUT2D eigenvalue weighted by molar-refractivity contribution is 7.92. The van der Waals surface area contributed by atoms with Gasteiger partial charge >= 0.3 is 0 Å². The third-order valence-corrected chi connectivity index (χ3v) is 4.07. The topological polar surface area (TPSA) is 69.7 Å². The van der Waals surface area contributed by atoms with Gasteiger partial charge in [-0.15, -0.1) is 0 Å². The fraction of sp³-hybridized carbons (Fsp3) is 0.364. The Kier molecular flexibility index (Phi) is 3.06. The minimum absolute atomic E-state index is 0.0384. The monoisotopic (exact) mass is 256 g/mol. The lowest BCUT2D eigenvalue weighted by Gasteiger charge is -2.02. The van der Waals surface area contributed by atoms with Crippen LogP contribution in [0, 0.1) is 0 Å². The number of rotatable bonds is 4. The second-order valence-electron chi connectivity index (χ2n) is 3.67. The molecule has 0 fully saturated rings. The Bertz CT molecular complexity index is 547. The van der Waals surface area contributed by atoms with Crippen LogP contribution in [0.2, 0.25) is 0 Å². The second kappa shape index (κ2) is 4.37. The van der Waals surface area contributed by atoms with E-state index in [-0.39, 0.29) is 12.5 Å². The van der Waals surface area contributed by atoms with Crippen LogP contribution >= 0.6 is 0 Å². The van der Waals surface area contributed by atoms with Gasteiger partial charge in [-0.05, 0) is 18.2 Å². The summed E-state index contributed by atoms with van der Waals surface area (Å²) in [6.07, 6.45) is 0. The van der Waals surface area contributed by atoms with E-state index in [1.807, 2.05) is 0 Å². The molecular formula is C11H12O5S. The lowest BCUT2D eigenvalue weighted by molar-refractivity contribution is 0.102. The first-order valence-electron chi connectivity index (χ1n) is 5.15. The summed E-state index contributed by atoms with van der Waals surface area (Å²) in [7, 11) is -3.30. The Morgan fingerprint density at radius 1 is 1.29 bits per heavy atom. The Balaban J connectivity index is 2.21. The molecule has 1 aliphatic rings. The van der Waals surface area contributed by atoms with Gasteiger partial charge in [-0.2, -0.15) is 0 Å². The van der Waals surface area contributed by atoms with Crippen molar-refractivity contribution in [2.75, 3.05) is 18.3 Å². The van der Waals surface area contributed by atoms with Gasteiger partial charge in [-0.3, -0.25) is 4.79 Å². The van der Waals surface area contributed by atoms with Crippen molar-refractivity contribution in [3.8, 4) is 11.5 Å². The van der Waals surface area contributed by atoms with Gasteiger partial charge in [0.2, 0.25) is 6.79 Å². The van der Waals surface area contributed by atoms with Crippen LogP contribution in [0.5, 0.6) is 11.5 Å². The summed E-state index contributed by atoms with van der Waals surface area (Å²) in [6.45, 7) is 1.64. The van der Waals surface area contributed by atoms with E-state index in [0.29, 0.717) is 17.1 Å². The van der Waals surface area contributed by atoms with Gasteiger partial charge in [-0.25, -0.2) is 8.42 Å². The van der Waals surface area contributed by atoms with Crippen molar-refractivity contribution >= 4 is 15.6 Å². The summed E-state index contributed by atoms with van der Waals surface area (Å²) in [5.74, 6) is 0.113. The van der Waals surface area contributed by atoms with Crippen LogP contribution in [-0.4, -0.2) is 32.5 Å². The standard InChI is InChI=1S/C11H12O5S/c1-2-17(13,14)6-9(12)8-3-4-10-11(5-8)16-7-15-10/h3-5H,2,6-7H2,1H3. The van der Waals surface area contributed by atoms with Crippen molar-refractivity contribution in [1.29, 1.82) is 0 Å². The number of carbonyl (C=O) groups excluding carboxylic acids is 1. The van der Waals surface area contributed by atoms with E-state index in [0.717, 1.165) is 0 Å². The fourth-order valence-electron chi connectivity index (χ4n) is 1.46. The molecular weight excluding hydrogens is 244 g/mol. The van der Waals surface area contributed by atoms with E-state index in [2.05, 4.69) is 0 Å². The zero-order valence-corrected chi connectivity index (χ0v) is 10.1. The minimum atomic E-state index is -3.30. The van der Waals surface area contributed by atoms with Crippen molar-refractivity contribution in [1.82, 2.24) is 0 Å². The number of ketones is 1. The minimum Gasteiger partial charge on any atom is -0.454 e. The van der Waals surface area contributed by atoms with Crippen molar-refractivity contribution in [3.63, 3.8) is 0 Å². The molecule has 1 heterocycles. The SMILES string of the molecule is CCS(=O)(=O)CC(=O)c1ccc2c(c1)OCO2. The number of carbonyl (C=O) groups is 1. The van der Waals surface area contributed by atoms with E-state index < -0.39 is 21.4 Å². The number of benzene rings is 1. The van der Waals surface area contributed by atoms with Gasteiger partial charge < -0.3 is 9.47 Å². The molecule has 0 spiro atoms. The summed E-state index contributed by atoms with van der Waals surface area (Å²) in [4.78, 5) is 11.7. The normalized spacial score (nSPS) is 13.7. The average molecular weight is 256 g/mol. The predicted octanol–water partition coefficient (Wildman–Crippen LogP) is 1.03.